The standard InChI is InChI=1S/C21H15Cl3N2O4S2/c1-11-6-19(16(24)10-15(11)23)32(27,28)26-13-7-12(22)8-14(9-13)30-21-25-20-17(29-2)4-3-5-18(20)31-21/h3-10,26H,1-2H3. The Morgan fingerprint density at radius 1 is 1.03 bits per heavy atom. The summed E-state index contributed by atoms with van der Waals surface area (Å²) in [6, 6.07) is 12.9. The molecule has 0 aliphatic rings. The van der Waals surface area contributed by atoms with Crippen molar-refractivity contribution in [1.82, 2.24) is 4.98 Å². The fourth-order valence-corrected chi connectivity index (χ4v) is 5.89. The number of thiazole rings is 1. The first-order valence-electron chi connectivity index (χ1n) is 9.07. The van der Waals surface area contributed by atoms with Crippen LogP contribution in [-0.4, -0.2) is 20.5 Å². The van der Waals surface area contributed by atoms with E-state index in [1.165, 1.54) is 35.6 Å². The summed E-state index contributed by atoms with van der Waals surface area (Å²) in [5.74, 6) is 0.940. The molecule has 0 saturated heterocycles. The lowest BCUT2D eigenvalue weighted by atomic mass is 10.2. The van der Waals surface area contributed by atoms with Crippen LogP contribution in [0.25, 0.3) is 10.2 Å². The lowest BCUT2D eigenvalue weighted by Crippen LogP contribution is -2.14. The molecule has 0 aliphatic heterocycles. The minimum absolute atomic E-state index is 0.00928. The van der Waals surface area contributed by atoms with Crippen LogP contribution < -0.4 is 14.2 Å². The van der Waals surface area contributed by atoms with Gasteiger partial charge >= 0.3 is 0 Å². The molecular formula is C21H15Cl3N2O4S2. The normalized spacial score (nSPS) is 11.5. The largest absolute Gasteiger partial charge is 0.494 e. The molecule has 4 aromatic rings. The molecule has 6 nitrogen and oxygen atoms in total. The second-order valence-corrected chi connectivity index (χ2v) is 10.6. The van der Waals surface area contributed by atoms with Crippen molar-refractivity contribution in [3.05, 3.63) is 69.2 Å². The first-order valence-corrected chi connectivity index (χ1v) is 12.5. The highest BCUT2D eigenvalue weighted by atomic mass is 35.5. The molecule has 0 atom stereocenters. The number of halogens is 3. The Bertz CT molecular complexity index is 1440. The molecule has 0 amide bonds. The Kier molecular flexibility index (Phi) is 6.42. The summed E-state index contributed by atoms with van der Waals surface area (Å²) in [4.78, 5) is 4.35. The topological polar surface area (TPSA) is 77.5 Å². The van der Waals surface area contributed by atoms with Crippen molar-refractivity contribution in [3.63, 3.8) is 0 Å². The van der Waals surface area contributed by atoms with Crippen LogP contribution in [0.5, 0.6) is 16.7 Å². The van der Waals surface area contributed by atoms with E-state index >= 15 is 0 Å². The van der Waals surface area contributed by atoms with E-state index in [4.69, 9.17) is 44.3 Å². The van der Waals surface area contributed by atoms with E-state index in [0.29, 0.717) is 32.8 Å². The molecule has 0 saturated carbocycles. The maximum absolute atomic E-state index is 12.9. The van der Waals surface area contributed by atoms with Crippen LogP contribution in [0.4, 0.5) is 5.69 Å². The fraction of sp³-hybridized carbons (Fsp3) is 0.0952. The van der Waals surface area contributed by atoms with Crippen molar-refractivity contribution in [2.45, 2.75) is 11.8 Å². The van der Waals surface area contributed by atoms with Crippen molar-refractivity contribution in [1.29, 1.82) is 0 Å². The number of fused-ring (bicyclic) bond motifs is 1. The van der Waals surface area contributed by atoms with Crippen molar-refractivity contribution in [2.75, 3.05) is 11.8 Å². The van der Waals surface area contributed by atoms with Crippen LogP contribution in [0.15, 0.2) is 53.4 Å². The molecule has 0 radical (unpaired) electrons. The molecule has 1 N–H and O–H groups in total. The molecule has 0 fully saturated rings. The summed E-state index contributed by atoms with van der Waals surface area (Å²) in [5, 5.41) is 1.02. The number of para-hydroxylation sites is 1. The second-order valence-electron chi connectivity index (χ2n) is 6.70. The number of nitrogens with zero attached hydrogens (tertiary/aromatic N) is 1. The summed E-state index contributed by atoms with van der Waals surface area (Å²) in [6.07, 6.45) is 0. The third kappa shape index (κ3) is 4.74. The minimum atomic E-state index is -4.00. The van der Waals surface area contributed by atoms with Crippen LogP contribution in [-0.2, 0) is 10.0 Å². The number of anilines is 1. The first kappa shape index (κ1) is 22.9. The van der Waals surface area contributed by atoms with Gasteiger partial charge in [0.2, 0.25) is 0 Å². The number of nitrogens with one attached hydrogen (secondary N) is 1. The molecule has 11 heteroatoms. The van der Waals surface area contributed by atoms with Gasteiger partial charge in [0.1, 0.15) is 21.9 Å². The highest BCUT2D eigenvalue weighted by Gasteiger charge is 2.20. The van der Waals surface area contributed by atoms with Gasteiger partial charge in [0, 0.05) is 16.1 Å². The van der Waals surface area contributed by atoms with Crippen LogP contribution in [0.1, 0.15) is 5.56 Å². The van der Waals surface area contributed by atoms with Crippen LogP contribution >= 0.6 is 46.1 Å². The zero-order valence-corrected chi connectivity index (χ0v) is 20.6. The van der Waals surface area contributed by atoms with E-state index in [1.807, 2.05) is 18.2 Å². The van der Waals surface area contributed by atoms with E-state index in [0.717, 1.165) is 4.70 Å². The molecule has 32 heavy (non-hydrogen) atoms. The summed E-state index contributed by atoms with van der Waals surface area (Å²) >= 11 is 19.7. The molecule has 1 heterocycles. The zero-order chi connectivity index (χ0) is 23.0. The average Bonchev–Trinajstić information content (AvgIpc) is 3.12. The van der Waals surface area contributed by atoms with E-state index < -0.39 is 10.0 Å². The van der Waals surface area contributed by atoms with Crippen LogP contribution in [0.3, 0.4) is 0 Å². The van der Waals surface area contributed by atoms with Gasteiger partial charge < -0.3 is 9.47 Å². The monoisotopic (exact) mass is 528 g/mol. The smallest absolute Gasteiger partial charge is 0.279 e. The van der Waals surface area contributed by atoms with Crippen molar-refractivity contribution in [3.8, 4) is 16.7 Å². The van der Waals surface area contributed by atoms with Gasteiger partial charge in [-0.25, -0.2) is 8.42 Å². The Labute approximate surface area is 203 Å². The number of ether oxygens (including phenoxy) is 2. The fourth-order valence-electron chi connectivity index (χ4n) is 2.94. The quantitative estimate of drug-likeness (QED) is 0.286. The van der Waals surface area contributed by atoms with Crippen molar-refractivity contribution in [2.24, 2.45) is 0 Å². The third-order valence-electron chi connectivity index (χ3n) is 4.41. The van der Waals surface area contributed by atoms with Gasteiger partial charge in [-0.2, -0.15) is 4.98 Å². The van der Waals surface area contributed by atoms with Crippen molar-refractivity contribution >= 4 is 72.1 Å². The summed E-state index contributed by atoms with van der Waals surface area (Å²) < 4.78 is 40.4. The lowest BCUT2D eigenvalue weighted by Gasteiger charge is -2.12. The molecule has 4 rings (SSSR count). The molecule has 166 valence electrons. The molecule has 1 aromatic heterocycles. The Balaban J connectivity index is 1.64. The van der Waals surface area contributed by atoms with Crippen LogP contribution in [0, 0.1) is 6.92 Å². The Morgan fingerprint density at radius 3 is 2.56 bits per heavy atom. The van der Waals surface area contributed by atoms with Gasteiger partial charge in [0.25, 0.3) is 15.2 Å². The number of hydrogen-bond acceptors (Lipinski definition) is 6. The van der Waals surface area contributed by atoms with Crippen LogP contribution in [0.2, 0.25) is 15.1 Å². The van der Waals surface area contributed by atoms with E-state index in [-0.39, 0.29) is 20.6 Å². The van der Waals surface area contributed by atoms with Crippen molar-refractivity contribution < 1.29 is 17.9 Å². The minimum Gasteiger partial charge on any atom is -0.494 e. The summed E-state index contributed by atoms with van der Waals surface area (Å²) in [6.45, 7) is 1.69. The SMILES string of the molecule is COc1cccc2sc(Oc3cc(Cl)cc(NS(=O)(=O)c4cc(C)c(Cl)cc4Cl)c3)nc12. The number of sulfonamides is 1. The molecule has 0 spiro atoms. The molecule has 0 unspecified atom stereocenters. The van der Waals surface area contributed by atoms with Gasteiger partial charge in [0.15, 0.2) is 0 Å². The first-order chi connectivity index (χ1) is 15.2. The number of benzene rings is 3. The second kappa shape index (κ2) is 8.96. The molecular weight excluding hydrogens is 515 g/mol. The predicted octanol–water partition coefficient (Wildman–Crippen LogP) is 7.17. The summed E-state index contributed by atoms with van der Waals surface area (Å²) in [7, 11) is -2.44. The van der Waals surface area contributed by atoms with Gasteiger partial charge in [-0.05, 0) is 48.9 Å². The van der Waals surface area contributed by atoms with Gasteiger partial charge in [0.05, 0.1) is 22.5 Å². The maximum atomic E-state index is 12.9. The van der Waals surface area contributed by atoms with Gasteiger partial charge in [-0.3, -0.25) is 4.72 Å². The Morgan fingerprint density at radius 2 is 1.81 bits per heavy atom. The van der Waals surface area contributed by atoms with E-state index in [1.54, 1.807) is 20.1 Å². The molecule has 0 aliphatic carbocycles. The van der Waals surface area contributed by atoms with E-state index in [2.05, 4.69) is 9.71 Å². The number of hydrogen-bond donors (Lipinski definition) is 1. The van der Waals surface area contributed by atoms with Gasteiger partial charge in [-0.15, -0.1) is 0 Å². The number of methoxy groups -OCH3 is 1. The third-order valence-corrected chi connectivity index (χ3v) is 7.78. The summed E-state index contributed by atoms with van der Waals surface area (Å²) in [5.41, 5.74) is 1.46. The number of rotatable bonds is 6. The molecule has 3 aromatic carbocycles. The van der Waals surface area contributed by atoms with Gasteiger partial charge in [-0.1, -0.05) is 52.2 Å². The highest BCUT2D eigenvalue weighted by Crippen LogP contribution is 2.37. The number of aromatic nitrogens is 1. The highest BCUT2D eigenvalue weighted by molar-refractivity contribution is 7.92. The average molecular weight is 530 g/mol. The maximum Gasteiger partial charge on any atom is 0.279 e. The van der Waals surface area contributed by atoms with E-state index in [9.17, 15) is 8.42 Å². The lowest BCUT2D eigenvalue weighted by molar-refractivity contribution is 0.418. The predicted molar refractivity (Wildman–Crippen MR) is 130 cm³/mol. The molecule has 0 bridgehead atoms. The Hall–Kier alpha value is -2.23. The number of aryl methyl sites for hydroxylation is 1. The zero-order valence-electron chi connectivity index (χ0n) is 16.6.